The molecule has 31 heavy (non-hydrogen) atoms. The van der Waals surface area contributed by atoms with Crippen LogP contribution in [0, 0.1) is 5.92 Å². The molecular weight excluding hydrogens is 394 g/mol. The lowest BCUT2D eigenvalue weighted by molar-refractivity contribution is -0.323. The Labute approximate surface area is 185 Å². The molecule has 3 atom stereocenters. The summed E-state index contributed by atoms with van der Waals surface area (Å²) in [5.74, 6) is -0.0969. The number of amides is 1. The molecule has 1 amide bonds. The van der Waals surface area contributed by atoms with Gasteiger partial charge in [-0.05, 0) is 45.1 Å². The molecule has 1 N–H and O–H groups in total. The Morgan fingerprint density at radius 2 is 2.00 bits per heavy atom. The molecule has 0 radical (unpaired) electrons. The van der Waals surface area contributed by atoms with Crippen molar-refractivity contribution < 1.29 is 19.1 Å². The predicted octanol–water partition coefficient (Wildman–Crippen LogP) is 3.53. The van der Waals surface area contributed by atoms with Crippen molar-refractivity contribution in [1.29, 1.82) is 0 Å². The highest BCUT2D eigenvalue weighted by atomic mass is 16.6. The number of rotatable bonds is 9. The van der Waals surface area contributed by atoms with Gasteiger partial charge in [-0.15, -0.1) is 5.01 Å². The van der Waals surface area contributed by atoms with Gasteiger partial charge in [0.2, 0.25) is 5.91 Å². The predicted molar refractivity (Wildman–Crippen MR) is 119 cm³/mol. The van der Waals surface area contributed by atoms with Crippen molar-refractivity contribution in [3.05, 3.63) is 42.0 Å². The zero-order valence-electron chi connectivity index (χ0n) is 19.2. The van der Waals surface area contributed by atoms with Crippen molar-refractivity contribution in [1.82, 2.24) is 15.3 Å². The molecule has 1 aromatic carbocycles. The maximum atomic E-state index is 13.3. The van der Waals surface area contributed by atoms with E-state index in [4.69, 9.17) is 9.47 Å². The van der Waals surface area contributed by atoms with Gasteiger partial charge in [0.1, 0.15) is 17.9 Å². The fourth-order valence-corrected chi connectivity index (χ4v) is 3.65. The molecule has 0 unspecified atom stereocenters. The summed E-state index contributed by atoms with van der Waals surface area (Å²) in [5, 5.41) is 6.65. The fraction of sp³-hybridized carbons (Fsp3) is 0.583. The number of hydrogen-bond acceptors (Lipinski definition) is 6. The van der Waals surface area contributed by atoms with E-state index in [0.29, 0.717) is 25.3 Å². The minimum absolute atomic E-state index is 0.0836. The van der Waals surface area contributed by atoms with Crippen molar-refractivity contribution in [2.75, 3.05) is 6.54 Å². The number of nitrogens with one attached hydrogen (secondary N) is 1. The van der Waals surface area contributed by atoms with Crippen molar-refractivity contribution in [3.63, 3.8) is 0 Å². The SMILES string of the molecule is CC(C)CCC(=O)N([C@@H](CC=Cc1ccccc1)C(=O)OC(C)(C)C)N1[C@@H]2CN[C@H]1O2. The summed E-state index contributed by atoms with van der Waals surface area (Å²) in [6, 6.07) is 9.13. The Hall–Kier alpha value is -2.22. The van der Waals surface area contributed by atoms with E-state index >= 15 is 0 Å². The summed E-state index contributed by atoms with van der Waals surface area (Å²) in [6.45, 7) is 10.3. The first-order valence-electron chi connectivity index (χ1n) is 11.1. The van der Waals surface area contributed by atoms with E-state index in [1.807, 2.05) is 68.3 Å². The normalized spacial score (nSPS) is 21.9. The summed E-state index contributed by atoms with van der Waals surface area (Å²) in [4.78, 5) is 26.5. The monoisotopic (exact) mass is 429 g/mol. The maximum Gasteiger partial charge on any atom is 0.331 e. The molecular formula is C24H35N3O4. The van der Waals surface area contributed by atoms with Crippen LogP contribution in [0.15, 0.2) is 36.4 Å². The highest BCUT2D eigenvalue weighted by Gasteiger charge is 2.53. The second-order valence-electron chi connectivity index (χ2n) is 9.50. The molecule has 0 aliphatic carbocycles. The third-order valence-corrected chi connectivity index (χ3v) is 5.17. The minimum Gasteiger partial charge on any atom is -0.458 e. The van der Waals surface area contributed by atoms with Gasteiger partial charge in [0.15, 0.2) is 6.35 Å². The third kappa shape index (κ3) is 6.15. The number of fused-ring (bicyclic) bond motifs is 1. The number of esters is 1. The van der Waals surface area contributed by atoms with Crippen LogP contribution >= 0.6 is 0 Å². The van der Waals surface area contributed by atoms with E-state index in [9.17, 15) is 9.59 Å². The lowest BCUT2D eigenvalue weighted by atomic mass is 10.1. The molecule has 7 heteroatoms. The highest BCUT2D eigenvalue weighted by molar-refractivity contribution is 5.84. The van der Waals surface area contributed by atoms with E-state index in [1.165, 1.54) is 0 Å². The van der Waals surface area contributed by atoms with Gasteiger partial charge >= 0.3 is 5.97 Å². The lowest BCUT2D eigenvalue weighted by Crippen LogP contribution is -2.67. The number of nitrogens with zero attached hydrogens (tertiary/aromatic N) is 2. The first kappa shape index (κ1) is 23.4. The summed E-state index contributed by atoms with van der Waals surface area (Å²) in [5.41, 5.74) is 0.394. The second kappa shape index (κ2) is 9.94. The van der Waals surface area contributed by atoms with Crippen molar-refractivity contribution in [3.8, 4) is 0 Å². The van der Waals surface area contributed by atoms with E-state index in [0.717, 1.165) is 12.0 Å². The van der Waals surface area contributed by atoms with Crippen LogP contribution < -0.4 is 5.32 Å². The van der Waals surface area contributed by atoms with Gasteiger partial charge in [0.25, 0.3) is 0 Å². The molecule has 4 rings (SSSR count). The molecule has 7 nitrogen and oxygen atoms in total. The maximum absolute atomic E-state index is 13.3. The van der Waals surface area contributed by atoms with Crippen LogP contribution in [-0.2, 0) is 19.1 Å². The molecule has 0 aromatic heterocycles. The van der Waals surface area contributed by atoms with Gasteiger partial charge in [0, 0.05) is 13.0 Å². The number of ether oxygens (including phenoxy) is 2. The molecule has 2 bridgehead atoms. The quantitative estimate of drug-likeness (QED) is 0.606. The van der Waals surface area contributed by atoms with Gasteiger partial charge in [-0.3, -0.25) is 15.1 Å². The van der Waals surface area contributed by atoms with Crippen LogP contribution in [0.1, 0.15) is 59.4 Å². The topological polar surface area (TPSA) is 71.1 Å². The van der Waals surface area contributed by atoms with E-state index in [-0.39, 0.29) is 18.5 Å². The van der Waals surface area contributed by atoms with Crippen LogP contribution in [-0.4, -0.2) is 52.7 Å². The van der Waals surface area contributed by atoms with Gasteiger partial charge < -0.3 is 9.47 Å². The summed E-state index contributed by atoms with van der Waals surface area (Å²) >= 11 is 0. The number of carbonyl (C=O) groups is 2. The molecule has 3 saturated heterocycles. The molecule has 1 aromatic rings. The molecule has 3 aliphatic heterocycles. The van der Waals surface area contributed by atoms with E-state index in [1.54, 1.807) is 5.01 Å². The minimum atomic E-state index is -0.757. The molecule has 3 heterocycles. The molecule has 170 valence electrons. The van der Waals surface area contributed by atoms with Crippen molar-refractivity contribution >= 4 is 18.0 Å². The van der Waals surface area contributed by atoms with Crippen LogP contribution in [0.3, 0.4) is 0 Å². The van der Waals surface area contributed by atoms with Crippen LogP contribution in [0.5, 0.6) is 0 Å². The number of hydrogen-bond donors (Lipinski definition) is 1. The van der Waals surface area contributed by atoms with Gasteiger partial charge in [0.05, 0.1) is 0 Å². The lowest BCUT2D eigenvalue weighted by Gasteiger charge is -2.48. The van der Waals surface area contributed by atoms with Crippen LogP contribution in [0.4, 0.5) is 0 Å². The Kier molecular flexibility index (Phi) is 7.51. The Morgan fingerprint density at radius 1 is 1.29 bits per heavy atom. The zero-order chi connectivity index (χ0) is 22.6. The number of hydrazine groups is 1. The Balaban J connectivity index is 1.85. The molecule has 3 aliphatic rings. The molecule has 0 spiro atoms. The van der Waals surface area contributed by atoms with Crippen molar-refractivity contribution in [2.45, 2.75) is 78.1 Å². The average Bonchev–Trinajstić information content (AvgIpc) is 3.32. The molecule has 3 fully saturated rings. The highest BCUT2D eigenvalue weighted by Crippen LogP contribution is 2.32. The summed E-state index contributed by atoms with van der Waals surface area (Å²) in [6.07, 6.45) is 4.76. The van der Waals surface area contributed by atoms with Gasteiger partial charge in [-0.25, -0.2) is 4.79 Å². The first-order chi connectivity index (χ1) is 14.7. The fourth-order valence-electron chi connectivity index (χ4n) is 3.65. The molecule has 0 saturated carbocycles. The number of carbonyl (C=O) groups excluding carboxylic acids is 2. The zero-order valence-corrected chi connectivity index (χ0v) is 19.2. The summed E-state index contributed by atoms with van der Waals surface area (Å²) in [7, 11) is 0. The third-order valence-electron chi connectivity index (χ3n) is 5.17. The van der Waals surface area contributed by atoms with Crippen LogP contribution in [0.2, 0.25) is 0 Å². The van der Waals surface area contributed by atoms with Gasteiger partial charge in [-0.1, -0.05) is 56.3 Å². The standard InChI is InChI=1S/C24H35N3O4/c1-17(2)14-15-20(28)26(27-21-16-25-23(27)30-21)19(22(29)31-24(3,4)5)13-9-12-18-10-7-6-8-11-18/h6-12,17,19,21,23,25H,13-16H2,1-5H3/t19-,21-,23+/m0/s1. The van der Waals surface area contributed by atoms with E-state index < -0.39 is 17.6 Å². The van der Waals surface area contributed by atoms with E-state index in [2.05, 4.69) is 19.2 Å². The Bertz CT molecular complexity index is 774. The van der Waals surface area contributed by atoms with Crippen molar-refractivity contribution in [2.24, 2.45) is 5.92 Å². The Morgan fingerprint density at radius 3 is 2.55 bits per heavy atom. The smallest absolute Gasteiger partial charge is 0.331 e. The van der Waals surface area contributed by atoms with Crippen LogP contribution in [0.25, 0.3) is 6.08 Å². The number of benzene rings is 1. The summed E-state index contributed by atoms with van der Waals surface area (Å²) < 4.78 is 11.4. The second-order valence-corrected chi connectivity index (χ2v) is 9.50. The van der Waals surface area contributed by atoms with Gasteiger partial charge in [-0.2, -0.15) is 0 Å². The first-order valence-corrected chi connectivity index (χ1v) is 11.1. The average molecular weight is 430 g/mol. The largest absolute Gasteiger partial charge is 0.458 e.